The summed E-state index contributed by atoms with van der Waals surface area (Å²) in [6.07, 6.45) is -2.57. The lowest BCUT2D eigenvalue weighted by atomic mass is 9.84. The molecule has 0 fully saturated rings. The molecule has 4 rings (SSSR count). The fourth-order valence-corrected chi connectivity index (χ4v) is 8.84. The number of rotatable bonds is 4. The molecule has 0 N–H and O–H groups in total. The van der Waals surface area contributed by atoms with E-state index >= 15 is 0 Å². The third-order valence-corrected chi connectivity index (χ3v) is 10.5. The van der Waals surface area contributed by atoms with Crippen molar-refractivity contribution in [1.29, 1.82) is 0 Å². The maximum atomic E-state index is 13.5. The van der Waals surface area contributed by atoms with E-state index in [4.69, 9.17) is 4.74 Å². The highest BCUT2D eigenvalue weighted by molar-refractivity contribution is 7.67. The second kappa shape index (κ2) is 8.58. The molecule has 0 saturated carbocycles. The van der Waals surface area contributed by atoms with Gasteiger partial charge in [0.25, 0.3) is 0 Å². The molecule has 2 aromatic carbocycles. The van der Waals surface area contributed by atoms with E-state index in [-0.39, 0.29) is 5.41 Å². The predicted octanol–water partition coefficient (Wildman–Crippen LogP) is 7.28. The van der Waals surface area contributed by atoms with Gasteiger partial charge in [-0.2, -0.15) is 18.3 Å². The van der Waals surface area contributed by atoms with E-state index in [1.165, 1.54) is 11.6 Å². The first-order valence-electron chi connectivity index (χ1n) is 11.4. The molecule has 0 spiro atoms. The van der Waals surface area contributed by atoms with E-state index < -0.39 is 19.1 Å². The van der Waals surface area contributed by atoms with Crippen LogP contribution in [0.2, 0.25) is 0 Å². The summed E-state index contributed by atoms with van der Waals surface area (Å²) in [4.78, 5) is 2.19. The third kappa shape index (κ3) is 3.68. The van der Waals surface area contributed by atoms with Crippen molar-refractivity contribution in [3.05, 3.63) is 70.7 Å². The molecule has 9 heteroatoms. The van der Waals surface area contributed by atoms with Crippen molar-refractivity contribution in [1.82, 2.24) is 9.45 Å². The monoisotopic (exact) mass is 489 g/mol. The van der Waals surface area contributed by atoms with Crippen LogP contribution in [0.4, 0.5) is 24.5 Å². The zero-order chi connectivity index (χ0) is 24.9. The molecule has 0 radical (unpaired) electrons. The van der Waals surface area contributed by atoms with Crippen LogP contribution in [0.5, 0.6) is 0 Å². The Hall–Kier alpha value is -2.57. The second-order valence-corrected chi connectivity index (χ2v) is 12.0. The Kier molecular flexibility index (Phi) is 6.19. The average Bonchev–Trinajstić information content (AvgIpc) is 3.20. The molecule has 1 atom stereocenters. The summed E-state index contributed by atoms with van der Waals surface area (Å²) in [7, 11) is 1.22. The summed E-state index contributed by atoms with van der Waals surface area (Å²) in [5.41, 5.74) is 2.70. The van der Waals surface area contributed by atoms with E-state index in [9.17, 15) is 13.2 Å². The summed E-state index contributed by atoms with van der Waals surface area (Å²) in [5.74, 6) is 0. The fourth-order valence-electron chi connectivity index (χ4n) is 5.14. The number of para-hydroxylation sites is 1. The quantitative estimate of drug-likeness (QED) is 0.423. The lowest BCUT2D eigenvalue weighted by Gasteiger charge is -2.39. The number of hydrogen-bond donors (Lipinski definition) is 0. The summed E-state index contributed by atoms with van der Waals surface area (Å²) in [6.45, 7) is 9.86. The molecule has 182 valence electrons. The first-order valence-corrected chi connectivity index (χ1v) is 13.0. The molecule has 0 unspecified atom stereocenters. The van der Waals surface area contributed by atoms with Gasteiger partial charge in [0.1, 0.15) is 0 Å². The van der Waals surface area contributed by atoms with Gasteiger partial charge in [-0.1, -0.05) is 52.0 Å². The molecule has 0 saturated heterocycles. The number of fused-ring (bicyclic) bond motifs is 1. The number of nitrogens with zero attached hydrogens (tertiary/aromatic N) is 5. The Balaban J connectivity index is 2.05. The Labute approximate surface area is 199 Å². The number of likely N-dealkylation sites (N-methyl/N-ethyl adjacent to an activating group) is 1. The van der Waals surface area contributed by atoms with Crippen molar-refractivity contribution in [3.8, 4) is 0 Å². The van der Waals surface area contributed by atoms with Crippen molar-refractivity contribution < 1.29 is 13.2 Å². The lowest BCUT2D eigenvalue weighted by Crippen LogP contribution is -2.30. The number of anilines is 1. The SMILES string of the molecule is CCN(CC)[P@@]1(=Nc2cccc(C(F)(F)F)c2)/C(=C2\N(C)c3ccccc3C2(C)C)C=NN1C. The molecule has 34 heavy (non-hydrogen) atoms. The number of allylic oxidation sites excluding steroid dienone is 2. The number of halogens is 3. The van der Waals surface area contributed by atoms with Crippen molar-refractivity contribution in [2.24, 2.45) is 9.85 Å². The van der Waals surface area contributed by atoms with Crippen LogP contribution in [0.15, 0.2) is 69.4 Å². The van der Waals surface area contributed by atoms with Gasteiger partial charge in [0.2, 0.25) is 0 Å². The van der Waals surface area contributed by atoms with Gasteiger partial charge in [0.15, 0.2) is 7.36 Å². The van der Waals surface area contributed by atoms with Gasteiger partial charge in [-0.15, -0.1) is 0 Å². The highest BCUT2D eigenvalue weighted by Gasteiger charge is 2.47. The van der Waals surface area contributed by atoms with E-state index in [2.05, 4.69) is 54.5 Å². The zero-order valence-electron chi connectivity index (χ0n) is 20.4. The van der Waals surface area contributed by atoms with Crippen LogP contribution in [0, 0.1) is 0 Å². The number of alkyl halides is 3. The maximum absolute atomic E-state index is 13.5. The Bertz CT molecular complexity index is 1210. The van der Waals surface area contributed by atoms with Gasteiger partial charge in [0, 0.05) is 44.0 Å². The normalized spacial score (nSPS) is 23.7. The fraction of sp³-hybridized carbons (Fsp3) is 0.400. The molecular weight excluding hydrogens is 458 g/mol. The molecular formula is C25H31F3N5P. The molecule has 0 amide bonds. The largest absolute Gasteiger partial charge is 0.416 e. The van der Waals surface area contributed by atoms with Crippen molar-refractivity contribution >= 4 is 24.9 Å². The lowest BCUT2D eigenvalue weighted by molar-refractivity contribution is -0.137. The van der Waals surface area contributed by atoms with E-state index in [1.54, 1.807) is 6.07 Å². The van der Waals surface area contributed by atoms with Crippen LogP contribution in [0.25, 0.3) is 0 Å². The summed E-state index contributed by atoms with van der Waals surface area (Å²) < 4.78 is 49.7. The topological polar surface area (TPSA) is 34.4 Å². The summed E-state index contributed by atoms with van der Waals surface area (Å²) >= 11 is 0. The van der Waals surface area contributed by atoms with Crippen molar-refractivity contribution in [2.45, 2.75) is 39.3 Å². The zero-order valence-corrected chi connectivity index (χ0v) is 21.3. The van der Waals surface area contributed by atoms with Crippen LogP contribution in [0.1, 0.15) is 38.8 Å². The highest BCUT2D eigenvalue weighted by atomic mass is 31.2. The van der Waals surface area contributed by atoms with Gasteiger partial charge < -0.3 is 4.90 Å². The number of benzene rings is 2. The molecule has 0 aliphatic carbocycles. The Morgan fingerprint density at radius 1 is 1.03 bits per heavy atom. The minimum absolute atomic E-state index is 0.307. The molecule has 0 bridgehead atoms. The first-order chi connectivity index (χ1) is 16.0. The molecule has 2 heterocycles. The Morgan fingerprint density at radius 3 is 2.32 bits per heavy atom. The molecule has 2 aromatic rings. The summed E-state index contributed by atoms with van der Waals surface area (Å²) in [5, 5.41) is 5.65. The Morgan fingerprint density at radius 2 is 1.71 bits per heavy atom. The van der Waals surface area contributed by atoms with Crippen LogP contribution >= 0.6 is 7.36 Å². The van der Waals surface area contributed by atoms with Crippen LogP contribution in [0.3, 0.4) is 0 Å². The van der Waals surface area contributed by atoms with Crippen LogP contribution < -0.4 is 4.90 Å². The van der Waals surface area contributed by atoms with E-state index in [0.29, 0.717) is 18.8 Å². The first kappa shape index (κ1) is 24.6. The number of hydrogen-bond acceptors (Lipinski definition) is 3. The smallest absolute Gasteiger partial charge is 0.346 e. The van der Waals surface area contributed by atoms with Gasteiger partial charge >= 0.3 is 6.18 Å². The van der Waals surface area contributed by atoms with Crippen LogP contribution in [-0.4, -0.2) is 42.8 Å². The third-order valence-electron chi connectivity index (χ3n) is 6.74. The maximum Gasteiger partial charge on any atom is 0.416 e. The second-order valence-electron chi connectivity index (χ2n) is 9.02. The minimum atomic E-state index is -4.43. The van der Waals surface area contributed by atoms with E-state index in [1.807, 2.05) is 37.2 Å². The van der Waals surface area contributed by atoms with Gasteiger partial charge in [-0.3, -0.25) is 0 Å². The van der Waals surface area contributed by atoms with Gasteiger partial charge in [-0.25, -0.2) is 14.2 Å². The molecule has 2 aliphatic heterocycles. The van der Waals surface area contributed by atoms with Gasteiger partial charge in [-0.05, 0) is 29.8 Å². The standard InChI is InChI=1S/C25H31F3N5P/c1-7-33(8-2)34(30-19-13-11-12-18(16-19)25(26,27)28)22(17-29-32(34)6)23-24(3,4)20-14-9-10-15-21(20)31(23)5/h9-17H,7-8H2,1-6H3/b23-22-/t34-/m1/s1. The van der Waals surface area contributed by atoms with Crippen molar-refractivity contribution in [2.75, 3.05) is 32.1 Å². The average molecular weight is 490 g/mol. The summed E-state index contributed by atoms with van der Waals surface area (Å²) in [6, 6.07) is 13.6. The minimum Gasteiger partial charge on any atom is -0.346 e. The number of hydrazone groups is 1. The van der Waals surface area contributed by atoms with Crippen LogP contribution in [-0.2, 0) is 11.6 Å². The van der Waals surface area contributed by atoms with Gasteiger partial charge in [0.05, 0.1) is 22.8 Å². The highest BCUT2D eigenvalue weighted by Crippen LogP contribution is 2.69. The van der Waals surface area contributed by atoms with E-state index in [0.717, 1.165) is 28.8 Å². The molecule has 2 aliphatic rings. The molecule has 0 aromatic heterocycles. The molecule has 5 nitrogen and oxygen atoms in total. The predicted molar refractivity (Wildman–Crippen MR) is 135 cm³/mol. The van der Waals surface area contributed by atoms with Crippen molar-refractivity contribution in [3.63, 3.8) is 0 Å².